The van der Waals surface area contributed by atoms with Gasteiger partial charge in [-0.1, -0.05) is 243 Å². The molecule has 9 nitrogen and oxygen atoms in total. The molecule has 0 aromatic heterocycles. The van der Waals surface area contributed by atoms with E-state index in [1.807, 2.05) is 6.08 Å². The third-order valence-electron chi connectivity index (χ3n) is 13.5. The Hall–Kier alpha value is -1.59. The van der Waals surface area contributed by atoms with Crippen LogP contribution in [0.3, 0.4) is 0 Å². The van der Waals surface area contributed by atoms with Gasteiger partial charge < -0.3 is 40.3 Å². The van der Waals surface area contributed by atoms with E-state index in [9.17, 15) is 30.3 Å². The van der Waals surface area contributed by atoms with Crippen molar-refractivity contribution < 1.29 is 39.8 Å². The third-order valence-corrected chi connectivity index (χ3v) is 13.5. The molecule has 0 aliphatic carbocycles. The molecule has 388 valence electrons. The minimum absolute atomic E-state index is 0.177. The molecule has 6 N–H and O–H groups in total. The van der Waals surface area contributed by atoms with Gasteiger partial charge in [0.05, 0.1) is 25.4 Å². The molecule has 1 amide bonds. The van der Waals surface area contributed by atoms with E-state index in [2.05, 4.69) is 43.5 Å². The van der Waals surface area contributed by atoms with Gasteiger partial charge in [-0.15, -0.1) is 0 Å². The SMILES string of the molecule is CCCCCCCCCCC/C=C\C/C=C\CCCCCCCCCCCCCC(=O)NC(COC1OC(CO)C(O)C(O)C1O)C(O)/C=C/CCCCCCCCCCCCCCCC. The maximum atomic E-state index is 13.0. The van der Waals surface area contributed by atoms with Crippen LogP contribution in [0, 0.1) is 0 Å². The lowest BCUT2D eigenvalue weighted by atomic mass is 9.99. The highest BCUT2D eigenvalue weighted by atomic mass is 16.7. The first-order valence-electron chi connectivity index (χ1n) is 28.2. The molecule has 1 fully saturated rings. The first-order valence-corrected chi connectivity index (χ1v) is 28.2. The molecule has 0 aromatic carbocycles. The molecule has 1 aliphatic rings. The first kappa shape index (κ1) is 62.4. The Kier molecular flexibility index (Phi) is 44.6. The lowest BCUT2D eigenvalue weighted by molar-refractivity contribution is -0.302. The minimum atomic E-state index is -1.57. The van der Waals surface area contributed by atoms with Crippen LogP contribution in [0.25, 0.3) is 0 Å². The second-order valence-electron chi connectivity index (χ2n) is 19.7. The summed E-state index contributed by atoms with van der Waals surface area (Å²) in [4.78, 5) is 13.0. The van der Waals surface area contributed by atoms with Gasteiger partial charge in [-0.25, -0.2) is 0 Å². The summed E-state index contributed by atoms with van der Waals surface area (Å²) in [5, 5.41) is 54.4. The smallest absolute Gasteiger partial charge is 0.220 e. The molecule has 9 heteroatoms. The highest BCUT2D eigenvalue weighted by molar-refractivity contribution is 5.76. The van der Waals surface area contributed by atoms with Crippen LogP contribution in [-0.4, -0.2) is 87.5 Å². The molecule has 7 unspecified atom stereocenters. The van der Waals surface area contributed by atoms with Crippen molar-refractivity contribution in [1.29, 1.82) is 0 Å². The number of amides is 1. The maximum Gasteiger partial charge on any atom is 0.220 e. The number of nitrogens with one attached hydrogen (secondary N) is 1. The largest absolute Gasteiger partial charge is 0.394 e. The van der Waals surface area contributed by atoms with E-state index in [-0.39, 0.29) is 12.5 Å². The molecule has 0 saturated carbocycles. The van der Waals surface area contributed by atoms with Gasteiger partial charge in [-0.05, 0) is 51.4 Å². The molecule has 0 aromatic rings. The van der Waals surface area contributed by atoms with Crippen LogP contribution in [0.2, 0.25) is 0 Å². The van der Waals surface area contributed by atoms with Crippen molar-refractivity contribution in [2.45, 2.75) is 307 Å². The summed E-state index contributed by atoms with van der Waals surface area (Å²) in [6.45, 7) is 3.80. The quantitative estimate of drug-likeness (QED) is 0.0261. The Bertz CT molecular complexity index is 1130. The highest BCUT2D eigenvalue weighted by Crippen LogP contribution is 2.23. The summed E-state index contributed by atoms with van der Waals surface area (Å²) < 4.78 is 11.3. The summed E-state index contributed by atoms with van der Waals surface area (Å²) in [6.07, 6.45) is 53.5. The van der Waals surface area contributed by atoms with Gasteiger partial charge in [0.25, 0.3) is 0 Å². The van der Waals surface area contributed by atoms with Crippen molar-refractivity contribution in [1.82, 2.24) is 5.32 Å². The lowest BCUT2D eigenvalue weighted by Gasteiger charge is -2.40. The van der Waals surface area contributed by atoms with Crippen LogP contribution in [0.1, 0.15) is 264 Å². The van der Waals surface area contributed by atoms with Crippen molar-refractivity contribution in [3.8, 4) is 0 Å². The molecular formula is C57H107NO8. The topological polar surface area (TPSA) is 149 Å². The predicted octanol–water partition coefficient (Wildman–Crippen LogP) is 13.6. The molecule has 1 saturated heterocycles. The predicted molar refractivity (Wildman–Crippen MR) is 276 cm³/mol. The van der Waals surface area contributed by atoms with Crippen molar-refractivity contribution in [3.63, 3.8) is 0 Å². The van der Waals surface area contributed by atoms with Crippen LogP contribution in [0.4, 0.5) is 0 Å². The highest BCUT2D eigenvalue weighted by Gasteiger charge is 2.44. The van der Waals surface area contributed by atoms with Gasteiger partial charge in [0.2, 0.25) is 5.91 Å². The van der Waals surface area contributed by atoms with Crippen molar-refractivity contribution in [3.05, 3.63) is 36.5 Å². The molecule has 1 heterocycles. The standard InChI is InChI=1S/C57H107NO8/c1-3-5-7-9-11-13-15-17-19-21-22-23-24-25-26-27-28-29-30-31-33-35-37-39-41-43-45-47-53(61)58-50(49-65-57-56(64)55(63)54(62)52(48-59)66-57)51(60)46-44-42-40-38-36-34-32-20-18-16-14-12-10-8-6-4-2/h22-23,25-26,44,46,50-52,54-57,59-60,62-64H,3-21,24,27-43,45,47-49H2,1-2H3,(H,58,61)/b23-22-,26-25-,46-44+. The Labute approximate surface area is 406 Å². The molecule has 1 aliphatic heterocycles. The Balaban J connectivity index is 2.21. The molecule has 0 spiro atoms. The second kappa shape index (κ2) is 47.1. The summed E-state index contributed by atoms with van der Waals surface area (Å²) in [7, 11) is 0. The third kappa shape index (κ3) is 36.4. The number of ether oxygens (including phenoxy) is 2. The van der Waals surface area contributed by atoms with Crippen LogP contribution < -0.4 is 5.32 Å². The zero-order valence-corrected chi connectivity index (χ0v) is 43.0. The lowest BCUT2D eigenvalue weighted by Crippen LogP contribution is -2.60. The molecule has 1 rings (SSSR count). The fourth-order valence-electron chi connectivity index (χ4n) is 8.95. The van der Waals surface area contributed by atoms with Crippen LogP contribution in [0.5, 0.6) is 0 Å². The van der Waals surface area contributed by atoms with Crippen molar-refractivity contribution in [2.24, 2.45) is 0 Å². The molecule has 0 bridgehead atoms. The van der Waals surface area contributed by atoms with E-state index in [0.717, 1.165) is 44.9 Å². The van der Waals surface area contributed by atoms with Gasteiger partial charge in [0.15, 0.2) is 6.29 Å². The van der Waals surface area contributed by atoms with Crippen molar-refractivity contribution in [2.75, 3.05) is 13.2 Å². The number of aliphatic hydroxyl groups is 5. The number of allylic oxidation sites excluding steroid dienone is 5. The zero-order valence-electron chi connectivity index (χ0n) is 43.0. The normalized spacial score (nSPS) is 20.0. The summed E-state index contributed by atoms with van der Waals surface area (Å²) in [5.41, 5.74) is 0. The van der Waals surface area contributed by atoms with Gasteiger partial charge in [-0.3, -0.25) is 4.79 Å². The maximum absolute atomic E-state index is 13.0. The number of hydrogen-bond donors (Lipinski definition) is 6. The van der Waals surface area contributed by atoms with Crippen LogP contribution in [0.15, 0.2) is 36.5 Å². The summed E-state index contributed by atoms with van der Waals surface area (Å²) >= 11 is 0. The number of carbonyl (C=O) groups excluding carboxylic acids is 1. The average molecular weight is 934 g/mol. The zero-order chi connectivity index (χ0) is 48.0. The fourth-order valence-corrected chi connectivity index (χ4v) is 8.95. The molecular weight excluding hydrogens is 827 g/mol. The van der Waals surface area contributed by atoms with Gasteiger partial charge >= 0.3 is 0 Å². The fraction of sp³-hybridized carbons (Fsp3) is 0.877. The number of rotatable bonds is 48. The number of hydrogen-bond acceptors (Lipinski definition) is 8. The van der Waals surface area contributed by atoms with Crippen LogP contribution in [-0.2, 0) is 14.3 Å². The van der Waals surface area contributed by atoms with Gasteiger partial charge in [-0.2, -0.15) is 0 Å². The van der Waals surface area contributed by atoms with E-state index in [1.54, 1.807) is 6.08 Å². The Morgan fingerprint density at radius 3 is 1.30 bits per heavy atom. The summed E-state index contributed by atoms with van der Waals surface area (Å²) in [5.74, 6) is -0.177. The number of carbonyl (C=O) groups is 1. The average Bonchev–Trinajstić information content (AvgIpc) is 3.32. The van der Waals surface area contributed by atoms with E-state index in [1.165, 1.54) is 199 Å². The van der Waals surface area contributed by atoms with E-state index >= 15 is 0 Å². The van der Waals surface area contributed by atoms with Gasteiger partial charge in [0.1, 0.15) is 24.4 Å². The Morgan fingerprint density at radius 2 is 0.894 bits per heavy atom. The monoisotopic (exact) mass is 934 g/mol. The van der Waals surface area contributed by atoms with E-state index < -0.39 is 49.5 Å². The van der Waals surface area contributed by atoms with E-state index in [4.69, 9.17) is 9.47 Å². The Morgan fingerprint density at radius 1 is 0.515 bits per heavy atom. The first-order chi connectivity index (χ1) is 32.3. The molecule has 66 heavy (non-hydrogen) atoms. The van der Waals surface area contributed by atoms with E-state index in [0.29, 0.717) is 6.42 Å². The number of aliphatic hydroxyl groups excluding tert-OH is 5. The second-order valence-corrected chi connectivity index (χ2v) is 19.7. The number of unbranched alkanes of at least 4 members (excludes halogenated alkanes) is 34. The minimum Gasteiger partial charge on any atom is -0.394 e. The van der Waals surface area contributed by atoms with Crippen molar-refractivity contribution >= 4 is 5.91 Å². The molecule has 0 radical (unpaired) electrons. The van der Waals surface area contributed by atoms with Crippen LogP contribution >= 0.6 is 0 Å². The summed E-state index contributed by atoms with van der Waals surface area (Å²) in [6, 6.07) is -0.805. The molecule has 7 atom stereocenters. The van der Waals surface area contributed by atoms with Gasteiger partial charge in [0, 0.05) is 6.42 Å².